The van der Waals surface area contributed by atoms with Gasteiger partial charge in [0, 0.05) is 34.7 Å². The zero-order valence-electron chi connectivity index (χ0n) is 26.3. The fourth-order valence-corrected chi connectivity index (χ4v) is 5.25. The number of urea groups is 1. The van der Waals surface area contributed by atoms with Gasteiger partial charge >= 0.3 is 6.03 Å². The molecule has 0 spiro atoms. The lowest BCUT2D eigenvalue weighted by Crippen LogP contribution is -2.22. The van der Waals surface area contributed by atoms with Crippen molar-refractivity contribution in [2.24, 2.45) is 0 Å². The number of ether oxygens (including phenoxy) is 1. The third-order valence-corrected chi connectivity index (χ3v) is 7.80. The number of fused-ring (bicyclic) bond motifs is 1. The Balaban J connectivity index is 1.32. The maximum absolute atomic E-state index is 13.3. The van der Waals surface area contributed by atoms with E-state index in [-0.39, 0.29) is 17.8 Å². The monoisotopic (exact) mass is 640 g/mol. The molecule has 2 heterocycles. The molecule has 0 unspecified atom stereocenters. The number of aromatic nitrogens is 3. The van der Waals surface area contributed by atoms with Gasteiger partial charge in [0.05, 0.1) is 17.1 Å². The van der Waals surface area contributed by atoms with Gasteiger partial charge in [-0.05, 0) is 48.9 Å². The third kappa shape index (κ3) is 8.07. The maximum Gasteiger partial charge on any atom is 0.324 e. The molecule has 0 aliphatic rings. The van der Waals surface area contributed by atoms with Gasteiger partial charge in [-0.25, -0.2) is 22.9 Å². The van der Waals surface area contributed by atoms with Crippen molar-refractivity contribution in [3.8, 4) is 11.4 Å². The summed E-state index contributed by atoms with van der Waals surface area (Å²) in [4.78, 5) is 29.4. The number of hydrogen-bond acceptors (Lipinski definition) is 7. The Morgan fingerprint density at radius 1 is 0.891 bits per heavy atom. The van der Waals surface area contributed by atoms with Crippen LogP contribution in [0.25, 0.3) is 16.5 Å². The largest absolute Gasteiger partial charge is 0.488 e. The van der Waals surface area contributed by atoms with Gasteiger partial charge in [-0.3, -0.25) is 10.1 Å². The molecule has 5 rings (SSSR count). The molecule has 3 aromatic carbocycles. The average Bonchev–Trinajstić information content (AvgIpc) is 3.40. The Kier molecular flexibility index (Phi) is 9.10. The van der Waals surface area contributed by atoms with Crippen LogP contribution < -0.4 is 20.7 Å². The summed E-state index contributed by atoms with van der Waals surface area (Å²) in [6.07, 6.45) is 2.50. The molecule has 12 heteroatoms. The Hall–Kier alpha value is -5.23. The number of carbonyl (C=O) groups is 2. The standard InChI is InChI=1S/C34H36N6O5S/c1-22-10-12-24(13-11-22)40-31(19-29(39-40)34(2,3)4)38-33(42)36-27-14-15-28(26-9-7-6-8-25(26)27)45-20-23-16-17-35-30(18-23)37-32(41)21-46(5,43)44/h6-19H,20-21H2,1-5H3,(H,35,37,41)(H2,36,38,42). The van der Waals surface area contributed by atoms with Crippen molar-refractivity contribution < 1.29 is 22.7 Å². The number of nitrogens with one attached hydrogen (secondary N) is 3. The van der Waals surface area contributed by atoms with E-state index in [2.05, 4.69) is 41.7 Å². The van der Waals surface area contributed by atoms with Crippen LogP contribution in [-0.4, -0.2) is 47.1 Å². The zero-order valence-corrected chi connectivity index (χ0v) is 27.1. The van der Waals surface area contributed by atoms with Crippen LogP contribution >= 0.6 is 0 Å². The van der Waals surface area contributed by atoms with E-state index in [1.807, 2.05) is 61.5 Å². The second-order valence-electron chi connectivity index (χ2n) is 12.1. The Morgan fingerprint density at radius 2 is 1.61 bits per heavy atom. The van der Waals surface area contributed by atoms with Gasteiger partial charge in [-0.15, -0.1) is 0 Å². The molecule has 0 aliphatic carbocycles. The van der Waals surface area contributed by atoms with Crippen LogP contribution in [0.2, 0.25) is 0 Å². The van der Waals surface area contributed by atoms with Crippen LogP contribution in [0.3, 0.4) is 0 Å². The second-order valence-corrected chi connectivity index (χ2v) is 14.2. The molecule has 46 heavy (non-hydrogen) atoms. The van der Waals surface area contributed by atoms with Crippen molar-refractivity contribution in [3.63, 3.8) is 0 Å². The first-order valence-corrected chi connectivity index (χ1v) is 16.6. The Morgan fingerprint density at radius 3 is 2.30 bits per heavy atom. The van der Waals surface area contributed by atoms with E-state index in [4.69, 9.17) is 9.84 Å². The second kappa shape index (κ2) is 13.0. The highest BCUT2D eigenvalue weighted by atomic mass is 32.2. The highest BCUT2D eigenvalue weighted by molar-refractivity contribution is 7.91. The molecule has 11 nitrogen and oxygen atoms in total. The topological polar surface area (TPSA) is 144 Å². The molecule has 0 fully saturated rings. The number of aryl methyl sites for hydroxylation is 1. The molecule has 238 valence electrons. The van der Waals surface area contributed by atoms with Crippen molar-refractivity contribution in [2.75, 3.05) is 28.0 Å². The molecule has 2 aromatic heterocycles. The summed E-state index contributed by atoms with van der Waals surface area (Å²) in [5.41, 5.74) is 3.89. The van der Waals surface area contributed by atoms with E-state index in [9.17, 15) is 18.0 Å². The molecule has 0 saturated carbocycles. The molecular weight excluding hydrogens is 604 g/mol. The Labute approximate surface area is 267 Å². The molecule has 0 radical (unpaired) electrons. The molecular formula is C34H36N6O5S. The summed E-state index contributed by atoms with van der Waals surface area (Å²) >= 11 is 0. The predicted octanol–water partition coefficient (Wildman–Crippen LogP) is 6.23. The molecule has 0 saturated heterocycles. The minimum absolute atomic E-state index is 0.161. The van der Waals surface area contributed by atoms with E-state index in [0.29, 0.717) is 17.3 Å². The number of carbonyl (C=O) groups excluding carboxylic acids is 2. The van der Waals surface area contributed by atoms with Crippen molar-refractivity contribution >= 4 is 49.9 Å². The van der Waals surface area contributed by atoms with Crippen molar-refractivity contribution in [3.05, 3.63) is 102 Å². The maximum atomic E-state index is 13.3. The SMILES string of the molecule is Cc1ccc(-n2nc(C(C)(C)C)cc2NC(=O)Nc2ccc(OCc3ccnc(NC(=O)CS(C)(=O)=O)c3)c3ccccc23)cc1. The van der Waals surface area contributed by atoms with Crippen molar-refractivity contribution in [1.29, 1.82) is 0 Å². The van der Waals surface area contributed by atoms with Gasteiger partial charge in [-0.1, -0.05) is 62.7 Å². The summed E-state index contributed by atoms with van der Waals surface area (Å²) in [5, 5.41) is 14.8. The summed E-state index contributed by atoms with van der Waals surface area (Å²) in [7, 11) is -3.47. The lowest BCUT2D eigenvalue weighted by Gasteiger charge is -2.15. The Bertz CT molecular complexity index is 2010. The number of benzene rings is 3. The van der Waals surface area contributed by atoms with Gasteiger partial charge < -0.3 is 15.4 Å². The lowest BCUT2D eigenvalue weighted by molar-refractivity contribution is -0.113. The first-order valence-electron chi connectivity index (χ1n) is 14.6. The number of amides is 3. The van der Waals surface area contributed by atoms with Crippen LogP contribution in [0.4, 0.5) is 22.1 Å². The fraction of sp³-hybridized carbons (Fsp3) is 0.235. The number of nitrogens with zero attached hydrogens (tertiary/aromatic N) is 3. The number of pyridine rings is 1. The normalized spacial score (nSPS) is 11.7. The number of rotatable bonds is 9. The minimum atomic E-state index is -3.47. The van der Waals surface area contributed by atoms with Crippen LogP contribution in [0.1, 0.15) is 37.6 Å². The molecule has 0 aliphatic heterocycles. The van der Waals surface area contributed by atoms with Crippen LogP contribution in [0.15, 0.2) is 85.1 Å². The lowest BCUT2D eigenvalue weighted by atomic mass is 9.92. The molecule has 5 aromatic rings. The quantitative estimate of drug-likeness (QED) is 0.173. The van der Waals surface area contributed by atoms with E-state index < -0.39 is 27.5 Å². The summed E-state index contributed by atoms with van der Waals surface area (Å²) < 4.78 is 30.7. The van der Waals surface area contributed by atoms with E-state index in [1.54, 1.807) is 28.9 Å². The van der Waals surface area contributed by atoms with Gasteiger partial charge in [0.1, 0.15) is 29.7 Å². The molecule has 3 N–H and O–H groups in total. The number of hydrogen-bond donors (Lipinski definition) is 3. The summed E-state index contributed by atoms with van der Waals surface area (Å²) in [5.74, 6) is 0.0609. The van der Waals surface area contributed by atoms with Gasteiger partial charge in [0.15, 0.2) is 9.84 Å². The smallest absolute Gasteiger partial charge is 0.324 e. The third-order valence-electron chi connectivity index (χ3n) is 7.01. The van der Waals surface area contributed by atoms with Crippen LogP contribution in [-0.2, 0) is 26.7 Å². The highest BCUT2D eigenvalue weighted by Gasteiger charge is 2.22. The molecule has 0 atom stereocenters. The first-order chi connectivity index (χ1) is 21.7. The van der Waals surface area contributed by atoms with Crippen molar-refractivity contribution in [2.45, 2.75) is 39.7 Å². The summed E-state index contributed by atoms with van der Waals surface area (Å²) in [6.45, 7) is 8.39. The molecule has 0 bridgehead atoms. The van der Waals surface area contributed by atoms with Crippen LogP contribution in [0, 0.1) is 6.92 Å². The number of sulfone groups is 1. The average molecular weight is 641 g/mol. The van der Waals surface area contributed by atoms with Gasteiger partial charge in [0.2, 0.25) is 5.91 Å². The van der Waals surface area contributed by atoms with Crippen molar-refractivity contribution in [1.82, 2.24) is 14.8 Å². The fourth-order valence-electron chi connectivity index (χ4n) is 4.71. The summed E-state index contributed by atoms with van der Waals surface area (Å²) in [6, 6.07) is 23.9. The van der Waals surface area contributed by atoms with E-state index in [0.717, 1.165) is 39.5 Å². The van der Waals surface area contributed by atoms with Gasteiger partial charge in [-0.2, -0.15) is 5.10 Å². The van der Waals surface area contributed by atoms with Crippen LogP contribution in [0.5, 0.6) is 5.75 Å². The zero-order chi connectivity index (χ0) is 33.1. The minimum Gasteiger partial charge on any atom is -0.488 e. The van der Waals surface area contributed by atoms with Gasteiger partial charge in [0.25, 0.3) is 0 Å². The molecule has 3 amide bonds. The highest BCUT2D eigenvalue weighted by Crippen LogP contribution is 2.33. The number of anilines is 3. The van der Waals surface area contributed by atoms with E-state index >= 15 is 0 Å². The predicted molar refractivity (Wildman–Crippen MR) is 180 cm³/mol. The first kappa shape index (κ1) is 32.2. The van der Waals surface area contributed by atoms with E-state index in [1.165, 1.54) is 6.20 Å².